The molecule has 3 rings (SSSR count). The highest BCUT2D eigenvalue weighted by Gasteiger charge is 2.14. The molecule has 0 aliphatic rings. The van der Waals surface area contributed by atoms with Crippen LogP contribution in [-0.4, -0.2) is 11.1 Å². The zero-order valence-electron chi connectivity index (χ0n) is 11.3. The third-order valence-corrected chi connectivity index (χ3v) is 3.30. The maximum absolute atomic E-state index is 12.1. The second kappa shape index (κ2) is 5.67. The first-order chi connectivity index (χ1) is 10.2. The first-order valence-electron chi connectivity index (χ1n) is 6.67. The second-order valence-corrected chi connectivity index (χ2v) is 4.78. The Morgan fingerprint density at radius 3 is 2.24 bits per heavy atom. The molecule has 104 valence electrons. The van der Waals surface area contributed by atoms with Gasteiger partial charge in [-0.1, -0.05) is 54.6 Å². The summed E-state index contributed by atoms with van der Waals surface area (Å²) in [5, 5.41) is 11.7. The largest absolute Gasteiger partial charge is 0.507 e. The zero-order chi connectivity index (χ0) is 14.7. The van der Waals surface area contributed by atoms with E-state index in [4.69, 9.17) is 4.74 Å². The minimum atomic E-state index is -0.526. The molecule has 0 radical (unpaired) electrons. The summed E-state index contributed by atoms with van der Waals surface area (Å²) >= 11 is 0. The molecule has 3 aromatic carbocycles. The first-order valence-corrected chi connectivity index (χ1v) is 6.67. The predicted molar refractivity (Wildman–Crippen MR) is 81.2 cm³/mol. The van der Waals surface area contributed by atoms with E-state index in [2.05, 4.69) is 0 Å². The molecule has 1 N–H and O–H groups in total. The van der Waals surface area contributed by atoms with Gasteiger partial charge in [-0.2, -0.15) is 0 Å². The number of carbonyl (C=O) groups is 1. The molecule has 0 spiro atoms. The molecule has 21 heavy (non-hydrogen) atoms. The van der Waals surface area contributed by atoms with Gasteiger partial charge in [0, 0.05) is 0 Å². The van der Waals surface area contributed by atoms with Gasteiger partial charge in [0.25, 0.3) is 0 Å². The molecule has 0 fully saturated rings. The molecule has 0 aliphatic heterocycles. The van der Waals surface area contributed by atoms with Crippen LogP contribution < -0.4 is 0 Å². The summed E-state index contributed by atoms with van der Waals surface area (Å²) in [4.78, 5) is 12.1. The molecule has 3 heteroatoms. The molecule has 0 atom stereocenters. The van der Waals surface area contributed by atoms with E-state index in [1.54, 1.807) is 12.1 Å². The van der Waals surface area contributed by atoms with Crippen LogP contribution in [-0.2, 0) is 11.3 Å². The van der Waals surface area contributed by atoms with Gasteiger partial charge in [0.15, 0.2) is 0 Å². The molecule has 0 unspecified atom stereocenters. The Labute approximate surface area is 122 Å². The molecular weight excluding hydrogens is 264 g/mol. The van der Waals surface area contributed by atoms with Gasteiger partial charge < -0.3 is 9.84 Å². The highest BCUT2D eigenvalue weighted by molar-refractivity contribution is 5.98. The fraction of sp³-hybridized carbons (Fsp3) is 0.0556. The van der Waals surface area contributed by atoms with Crippen LogP contribution in [0.25, 0.3) is 10.8 Å². The molecule has 0 aromatic heterocycles. The number of benzene rings is 3. The van der Waals surface area contributed by atoms with Gasteiger partial charge in [0.2, 0.25) is 0 Å². The monoisotopic (exact) mass is 278 g/mol. The molecular formula is C18H14O3. The number of esters is 1. The minimum absolute atomic E-state index is 0.0632. The number of phenolic OH excluding ortho intramolecular Hbond substituents is 1. The van der Waals surface area contributed by atoms with Crippen LogP contribution >= 0.6 is 0 Å². The molecule has 0 amide bonds. The van der Waals surface area contributed by atoms with E-state index in [0.717, 1.165) is 16.3 Å². The Kier molecular flexibility index (Phi) is 3.56. The van der Waals surface area contributed by atoms with E-state index < -0.39 is 5.97 Å². The predicted octanol–water partition coefficient (Wildman–Crippen LogP) is 3.90. The smallest absolute Gasteiger partial charge is 0.342 e. The lowest BCUT2D eigenvalue weighted by atomic mass is 10.1. The Hall–Kier alpha value is -2.81. The van der Waals surface area contributed by atoms with Crippen LogP contribution in [0.5, 0.6) is 5.75 Å². The summed E-state index contributed by atoms with van der Waals surface area (Å²) in [6.45, 7) is 0.186. The SMILES string of the molecule is O=C(OCc1ccccc1)c1cc2ccccc2cc1O. The van der Waals surface area contributed by atoms with Crippen molar-refractivity contribution in [3.05, 3.63) is 77.9 Å². The molecule has 0 saturated heterocycles. The number of phenols is 1. The summed E-state index contributed by atoms with van der Waals surface area (Å²) in [5.74, 6) is -0.589. The second-order valence-electron chi connectivity index (χ2n) is 4.78. The Morgan fingerprint density at radius 2 is 1.52 bits per heavy atom. The van der Waals surface area contributed by atoms with Crippen LogP contribution in [0.1, 0.15) is 15.9 Å². The minimum Gasteiger partial charge on any atom is -0.507 e. The maximum Gasteiger partial charge on any atom is 0.342 e. The lowest BCUT2D eigenvalue weighted by molar-refractivity contribution is 0.0469. The van der Waals surface area contributed by atoms with Crippen LogP contribution in [0.15, 0.2) is 66.7 Å². The van der Waals surface area contributed by atoms with Crippen LogP contribution in [0.3, 0.4) is 0 Å². The summed E-state index contributed by atoms with van der Waals surface area (Å²) in [6, 6.07) is 20.2. The molecule has 3 aromatic rings. The van der Waals surface area contributed by atoms with Crippen molar-refractivity contribution in [2.24, 2.45) is 0 Å². The number of hydrogen-bond donors (Lipinski definition) is 1. The van der Waals surface area contributed by atoms with Gasteiger partial charge in [-0.3, -0.25) is 0 Å². The number of aromatic hydroxyl groups is 1. The summed E-state index contributed by atoms with van der Waals surface area (Å²) in [5.41, 5.74) is 1.09. The zero-order valence-corrected chi connectivity index (χ0v) is 11.3. The molecule has 0 bridgehead atoms. The average molecular weight is 278 g/mol. The number of rotatable bonds is 3. The quantitative estimate of drug-likeness (QED) is 0.739. The highest BCUT2D eigenvalue weighted by Crippen LogP contribution is 2.25. The summed E-state index contributed by atoms with van der Waals surface area (Å²) in [6.07, 6.45) is 0. The average Bonchev–Trinajstić information content (AvgIpc) is 2.53. The van der Waals surface area contributed by atoms with E-state index >= 15 is 0 Å². The van der Waals surface area contributed by atoms with Gasteiger partial charge in [-0.05, 0) is 28.5 Å². The van der Waals surface area contributed by atoms with Gasteiger partial charge >= 0.3 is 5.97 Å². The molecule has 3 nitrogen and oxygen atoms in total. The fourth-order valence-electron chi connectivity index (χ4n) is 2.19. The van der Waals surface area contributed by atoms with E-state index in [1.807, 2.05) is 54.6 Å². The van der Waals surface area contributed by atoms with Crippen molar-refractivity contribution in [1.29, 1.82) is 0 Å². The molecule has 0 aliphatic carbocycles. The number of hydrogen-bond acceptors (Lipinski definition) is 3. The first kappa shape index (κ1) is 13.2. The van der Waals surface area contributed by atoms with Crippen LogP contribution in [0.4, 0.5) is 0 Å². The molecule has 0 heterocycles. The van der Waals surface area contributed by atoms with Gasteiger partial charge in [0.05, 0.1) is 0 Å². The van der Waals surface area contributed by atoms with E-state index in [1.165, 1.54) is 0 Å². The van der Waals surface area contributed by atoms with Crippen LogP contribution in [0, 0.1) is 0 Å². The van der Waals surface area contributed by atoms with Crippen molar-refractivity contribution >= 4 is 16.7 Å². The Bertz CT molecular complexity index is 779. The van der Waals surface area contributed by atoms with Crippen LogP contribution in [0.2, 0.25) is 0 Å². The third-order valence-electron chi connectivity index (χ3n) is 3.30. The topological polar surface area (TPSA) is 46.5 Å². The van der Waals surface area contributed by atoms with Crippen molar-refractivity contribution in [3.8, 4) is 5.75 Å². The summed E-state index contributed by atoms with van der Waals surface area (Å²) < 4.78 is 5.24. The number of carbonyl (C=O) groups excluding carboxylic acids is 1. The summed E-state index contributed by atoms with van der Waals surface area (Å²) in [7, 11) is 0. The van der Waals surface area contributed by atoms with Crippen molar-refractivity contribution in [1.82, 2.24) is 0 Å². The third kappa shape index (κ3) is 2.87. The van der Waals surface area contributed by atoms with Crippen molar-refractivity contribution in [2.75, 3.05) is 0 Å². The van der Waals surface area contributed by atoms with Gasteiger partial charge in [-0.25, -0.2) is 4.79 Å². The van der Waals surface area contributed by atoms with Crippen molar-refractivity contribution in [2.45, 2.75) is 6.61 Å². The maximum atomic E-state index is 12.1. The fourth-order valence-corrected chi connectivity index (χ4v) is 2.19. The standard InChI is InChI=1S/C18H14O3/c19-17-11-15-9-5-4-8-14(15)10-16(17)18(20)21-12-13-6-2-1-3-7-13/h1-11,19H,12H2. The van der Waals surface area contributed by atoms with E-state index in [0.29, 0.717) is 0 Å². The van der Waals surface area contributed by atoms with Crippen molar-refractivity contribution in [3.63, 3.8) is 0 Å². The lowest BCUT2D eigenvalue weighted by Crippen LogP contribution is -2.05. The number of fused-ring (bicyclic) bond motifs is 1. The Balaban J connectivity index is 1.82. The highest BCUT2D eigenvalue weighted by atomic mass is 16.5. The normalized spacial score (nSPS) is 10.5. The van der Waals surface area contributed by atoms with E-state index in [9.17, 15) is 9.90 Å². The van der Waals surface area contributed by atoms with Gasteiger partial charge in [-0.15, -0.1) is 0 Å². The van der Waals surface area contributed by atoms with Crippen molar-refractivity contribution < 1.29 is 14.6 Å². The van der Waals surface area contributed by atoms with Gasteiger partial charge in [0.1, 0.15) is 17.9 Å². The Morgan fingerprint density at radius 1 is 0.905 bits per heavy atom. The van der Waals surface area contributed by atoms with E-state index in [-0.39, 0.29) is 17.9 Å². The number of ether oxygens (including phenoxy) is 1. The molecule has 0 saturated carbocycles. The lowest BCUT2D eigenvalue weighted by Gasteiger charge is -2.08.